The number of nitrogens with one attached hydrogen (secondary N) is 2. The van der Waals surface area contributed by atoms with E-state index in [2.05, 4.69) is 15.5 Å². The number of amides is 2. The first-order valence-electron chi connectivity index (χ1n) is 9.83. The van der Waals surface area contributed by atoms with Crippen molar-refractivity contribution in [2.45, 2.75) is 18.6 Å². The summed E-state index contributed by atoms with van der Waals surface area (Å²) in [7, 11) is 0. The van der Waals surface area contributed by atoms with Gasteiger partial charge in [-0.25, -0.2) is 0 Å². The van der Waals surface area contributed by atoms with Crippen LogP contribution in [0.1, 0.15) is 33.6 Å². The van der Waals surface area contributed by atoms with Crippen molar-refractivity contribution in [3.05, 3.63) is 56.5 Å². The molecule has 1 spiro atoms. The molecule has 0 aromatic heterocycles. The maximum atomic E-state index is 12.6. The molecule has 0 bridgehead atoms. The second kappa shape index (κ2) is 8.74. The van der Waals surface area contributed by atoms with Gasteiger partial charge in [-0.2, -0.15) is 0 Å². The van der Waals surface area contributed by atoms with Gasteiger partial charge >= 0.3 is 0 Å². The maximum absolute atomic E-state index is 12.6. The van der Waals surface area contributed by atoms with Gasteiger partial charge in [-0.15, -0.1) is 0 Å². The second-order valence-corrected chi connectivity index (χ2v) is 8.84. The van der Waals surface area contributed by atoms with E-state index in [0.717, 1.165) is 0 Å². The van der Waals surface area contributed by atoms with Crippen LogP contribution in [0.5, 0.6) is 5.75 Å². The van der Waals surface area contributed by atoms with Crippen LogP contribution in [-0.2, 0) is 0 Å². The summed E-state index contributed by atoms with van der Waals surface area (Å²) in [6, 6.07) is 8.07. The van der Waals surface area contributed by atoms with Crippen molar-refractivity contribution in [2.75, 3.05) is 31.9 Å². The van der Waals surface area contributed by atoms with E-state index in [1.807, 2.05) is 0 Å². The van der Waals surface area contributed by atoms with E-state index in [4.69, 9.17) is 45.3 Å². The van der Waals surface area contributed by atoms with Crippen molar-refractivity contribution in [3.8, 4) is 5.75 Å². The number of halogens is 3. The minimum absolute atomic E-state index is 0.222. The maximum Gasteiger partial charge on any atom is 0.258 e. The van der Waals surface area contributed by atoms with Crippen LogP contribution in [0.15, 0.2) is 30.3 Å². The molecule has 1 saturated heterocycles. The predicted molar refractivity (Wildman–Crippen MR) is 121 cm³/mol. The average Bonchev–Trinajstić information content (AvgIpc) is 2.71. The monoisotopic (exact) mass is 482 g/mol. The largest absolute Gasteiger partial charge is 0.467 e. The Labute approximate surface area is 194 Å². The molecule has 4 rings (SSSR count). The van der Waals surface area contributed by atoms with Gasteiger partial charge in [0.15, 0.2) is 5.72 Å². The fraction of sp³-hybridized carbons (Fsp3) is 0.333. The summed E-state index contributed by atoms with van der Waals surface area (Å²) < 4.78 is 6.15. The summed E-state index contributed by atoms with van der Waals surface area (Å²) in [5, 5.41) is 6.79. The highest BCUT2D eigenvalue weighted by molar-refractivity contribution is 6.39. The fourth-order valence-electron chi connectivity index (χ4n) is 3.84. The highest BCUT2D eigenvalue weighted by Crippen LogP contribution is 2.37. The third kappa shape index (κ3) is 4.55. The van der Waals surface area contributed by atoms with Crippen LogP contribution >= 0.6 is 34.8 Å². The molecule has 164 valence electrons. The quantitative estimate of drug-likeness (QED) is 0.578. The molecule has 2 aliphatic rings. The van der Waals surface area contributed by atoms with E-state index in [1.54, 1.807) is 24.3 Å². The first kappa shape index (κ1) is 22.0. The van der Waals surface area contributed by atoms with Crippen molar-refractivity contribution < 1.29 is 14.3 Å². The summed E-state index contributed by atoms with van der Waals surface area (Å²) in [5.74, 6) is -0.0803. The molecule has 31 heavy (non-hydrogen) atoms. The molecule has 0 radical (unpaired) electrons. The summed E-state index contributed by atoms with van der Waals surface area (Å²) in [6.45, 7) is 2.48. The highest BCUT2D eigenvalue weighted by atomic mass is 35.5. The van der Waals surface area contributed by atoms with E-state index in [1.165, 1.54) is 6.07 Å². The zero-order valence-corrected chi connectivity index (χ0v) is 18.8. The lowest BCUT2D eigenvalue weighted by Gasteiger charge is -2.44. The van der Waals surface area contributed by atoms with Gasteiger partial charge < -0.3 is 26.0 Å². The number of rotatable bonds is 4. The summed E-state index contributed by atoms with van der Waals surface area (Å²) in [6.07, 6.45) is 1.20. The number of piperidine rings is 1. The first-order valence-corrected chi connectivity index (χ1v) is 11.0. The first-order chi connectivity index (χ1) is 14.8. The Bertz CT molecular complexity index is 1020. The lowest BCUT2D eigenvalue weighted by atomic mass is 9.96. The number of carbonyl (C=O) groups excluding carboxylic acids is 2. The molecule has 7 nitrogen and oxygen atoms in total. The molecule has 4 N–H and O–H groups in total. The second-order valence-electron chi connectivity index (χ2n) is 7.61. The van der Waals surface area contributed by atoms with Gasteiger partial charge in [0.2, 0.25) is 0 Å². The molecular formula is C21H21Cl3N4O3. The zero-order valence-electron chi connectivity index (χ0n) is 16.5. The lowest BCUT2D eigenvalue weighted by Crippen LogP contribution is -2.61. The predicted octanol–water partition coefficient (Wildman–Crippen LogP) is 3.57. The van der Waals surface area contributed by atoms with Gasteiger partial charge in [-0.1, -0.05) is 40.9 Å². The molecule has 1 fully saturated rings. The Morgan fingerprint density at radius 3 is 2.52 bits per heavy atom. The Balaban J connectivity index is 1.31. The van der Waals surface area contributed by atoms with Gasteiger partial charge in [0.25, 0.3) is 11.8 Å². The molecule has 10 heteroatoms. The SMILES string of the molecule is Nc1cc2c(cc1Cl)C(=O)NC1(CCN(CCNC(=O)c3c(Cl)cccc3Cl)CC1)O2. The van der Waals surface area contributed by atoms with E-state index < -0.39 is 5.72 Å². The minimum atomic E-state index is -0.769. The number of likely N-dealkylation sites (tertiary alicyclic amines) is 1. The molecule has 2 aromatic rings. The Kier molecular flexibility index (Phi) is 6.21. The van der Waals surface area contributed by atoms with Crippen molar-refractivity contribution in [2.24, 2.45) is 0 Å². The zero-order chi connectivity index (χ0) is 22.2. The van der Waals surface area contributed by atoms with Crippen molar-refractivity contribution >= 4 is 52.3 Å². The molecule has 2 amide bonds. The number of nitrogen functional groups attached to an aromatic ring is 1. The van der Waals surface area contributed by atoms with E-state index >= 15 is 0 Å². The third-order valence-corrected chi connectivity index (χ3v) is 6.51. The Hall–Kier alpha value is -2.19. The standard InChI is InChI=1S/C21H21Cl3N4O3/c22-13-2-1-3-14(23)18(13)20(30)26-6-9-28-7-4-21(5-8-28)27-19(29)12-10-15(24)16(25)11-17(12)31-21/h1-3,10-11H,4-9,25H2,(H,26,30)(H,27,29). The van der Waals surface area contributed by atoms with Crippen molar-refractivity contribution in [3.63, 3.8) is 0 Å². The molecular weight excluding hydrogens is 463 g/mol. The molecule has 2 heterocycles. The molecule has 2 aliphatic heterocycles. The van der Waals surface area contributed by atoms with Crippen LogP contribution in [0.2, 0.25) is 15.1 Å². The van der Waals surface area contributed by atoms with E-state index in [9.17, 15) is 9.59 Å². The highest BCUT2D eigenvalue weighted by Gasteiger charge is 2.42. The number of anilines is 1. The van der Waals surface area contributed by atoms with Crippen molar-refractivity contribution in [1.82, 2.24) is 15.5 Å². The molecule has 0 atom stereocenters. The van der Waals surface area contributed by atoms with Gasteiger partial charge in [0.05, 0.1) is 31.9 Å². The van der Waals surface area contributed by atoms with Crippen LogP contribution in [0.25, 0.3) is 0 Å². The number of nitrogens with zero attached hydrogens (tertiary/aromatic N) is 1. The number of ether oxygens (including phenoxy) is 1. The normalized spacial score (nSPS) is 17.6. The van der Waals surface area contributed by atoms with Crippen LogP contribution < -0.4 is 21.1 Å². The van der Waals surface area contributed by atoms with E-state index in [0.29, 0.717) is 71.1 Å². The summed E-state index contributed by atoms with van der Waals surface area (Å²) >= 11 is 18.2. The lowest BCUT2D eigenvalue weighted by molar-refractivity contribution is -0.0285. The summed E-state index contributed by atoms with van der Waals surface area (Å²) in [4.78, 5) is 27.2. The topological polar surface area (TPSA) is 96.7 Å². The third-order valence-electron chi connectivity index (χ3n) is 5.56. The Morgan fingerprint density at radius 1 is 1.16 bits per heavy atom. The number of carbonyl (C=O) groups is 2. The smallest absolute Gasteiger partial charge is 0.258 e. The summed E-state index contributed by atoms with van der Waals surface area (Å²) in [5.41, 5.74) is 6.13. The fourth-order valence-corrected chi connectivity index (χ4v) is 4.57. The number of nitrogens with two attached hydrogens (primary N) is 1. The molecule has 0 saturated carbocycles. The Morgan fingerprint density at radius 2 is 1.84 bits per heavy atom. The number of fused-ring (bicyclic) bond motifs is 1. The van der Waals surface area contributed by atoms with E-state index in [-0.39, 0.29) is 17.4 Å². The van der Waals surface area contributed by atoms with Crippen molar-refractivity contribution in [1.29, 1.82) is 0 Å². The van der Waals surface area contributed by atoms with Gasteiger partial charge in [-0.05, 0) is 18.2 Å². The molecule has 0 aliphatic carbocycles. The van der Waals surface area contributed by atoms with Crippen LogP contribution in [0.4, 0.5) is 5.69 Å². The van der Waals surface area contributed by atoms with Crippen LogP contribution in [0.3, 0.4) is 0 Å². The van der Waals surface area contributed by atoms with Crippen LogP contribution in [0, 0.1) is 0 Å². The van der Waals surface area contributed by atoms with Gasteiger partial charge in [0.1, 0.15) is 5.75 Å². The average molecular weight is 484 g/mol. The minimum Gasteiger partial charge on any atom is -0.467 e. The molecule has 2 aromatic carbocycles. The van der Waals surface area contributed by atoms with Gasteiger partial charge in [-0.3, -0.25) is 9.59 Å². The number of hydrogen-bond acceptors (Lipinski definition) is 5. The number of benzene rings is 2. The molecule has 0 unspecified atom stereocenters. The van der Waals surface area contributed by atoms with Crippen LogP contribution in [-0.4, -0.2) is 48.6 Å². The van der Waals surface area contributed by atoms with Gasteiger partial charge in [0, 0.05) is 45.1 Å². The number of hydrogen-bond donors (Lipinski definition) is 3.